The Morgan fingerprint density at radius 1 is 1.24 bits per heavy atom. The van der Waals surface area contributed by atoms with E-state index in [9.17, 15) is 4.79 Å². The smallest absolute Gasteiger partial charge is 0.335 e. The predicted octanol–water partition coefficient (Wildman–Crippen LogP) is 4.36. The summed E-state index contributed by atoms with van der Waals surface area (Å²) in [6.07, 6.45) is 6.96. The van der Waals surface area contributed by atoms with E-state index in [1.54, 1.807) is 18.3 Å². The maximum Gasteiger partial charge on any atom is 0.335 e. The van der Waals surface area contributed by atoms with Gasteiger partial charge in [0, 0.05) is 29.3 Å². The van der Waals surface area contributed by atoms with Crippen LogP contribution in [-0.2, 0) is 12.8 Å². The molecule has 2 aromatic heterocycles. The molecule has 1 aliphatic rings. The van der Waals surface area contributed by atoms with Crippen molar-refractivity contribution in [3.63, 3.8) is 0 Å². The molecule has 0 saturated heterocycles. The zero-order chi connectivity index (χ0) is 17.4. The van der Waals surface area contributed by atoms with Crippen molar-refractivity contribution in [2.45, 2.75) is 26.2 Å². The zero-order valence-electron chi connectivity index (χ0n) is 14.1. The van der Waals surface area contributed by atoms with E-state index in [1.807, 2.05) is 24.4 Å². The second-order valence-corrected chi connectivity index (χ2v) is 6.78. The summed E-state index contributed by atoms with van der Waals surface area (Å²) in [5.74, 6) is -0.207. The molecule has 0 fully saturated rings. The van der Waals surface area contributed by atoms with E-state index in [4.69, 9.17) is 5.11 Å². The number of fused-ring (bicyclic) bond motifs is 1. The third kappa shape index (κ3) is 2.84. The standard InChI is InChI=1S/C21H20N2O2/c1-14-4-9-19-17(11-14)12-20(16-3-2-10-22-13-16)23(19)18-7-5-15(6-8-18)21(24)25/h2-3,5-8,10,12-14H,4,9,11H2,1H3,(H,24,25). The SMILES string of the molecule is CC1CCc2c(cc(-c3cccnc3)n2-c2ccc(C(=O)O)cc2)C1. The number of rotatable bonds is 3. The summed E-state index contributed by atoms with van der Waals surface area (Å²) in [7, 11) is 0. The Kier molecular flexibility index (Phi) is 3.88. The molecular weight excluding hydrogens is 312 g/mol. The summed E-state index contributed by atoms with van der Waals surface area (Å²) in [6.45, 7) is 2.30. The number of hydrogen-bond donors (Lipinski definition) is 1. The minimum Gasteiger partial charge on any atom is -0.478 e. The van der Waals surface area contributed by atoms with Gasteiger partial charge in [0.1, 0.15) is 0 Å². The molecule has 2 heterocycles. The lowest BCUT2D eigenvalue weighted by molar-refractivity contribution is 0.0697. The van der Waals surface area contributed by atoms with E-state index in [1.165, 1.54) is 17.7 Å². The van der Waals surface area contributed by atoms with E-state index in [-0.39, 0.29) is 0 Å². The second-order valence-electron chi connectivity index (χ2n) is 6.78. The molecular formula is C21H20N2O2. The molecule has 4 rings (SSSR count). The average Bonchev–Trinajstić information content (AvgIpc) is 3.01. The van der Waals surface area contributed by atoms with E-state index in [0.717, 1.165) is 29.8 Å². The van der Waals surface area contributed by atoms with Gasteiger partial charge in [-0.1, -0.05) is 6.92 Å². The molecule has 1 aliphatic carbocycles. The lowest BCUT2D eigenvalue weighted by atomic mass is 9.89. The lowest BCUT2D eigenvalue weighted by Crippen LogP contribution is -2.13. The Bertz CT molecular complexity index is 911. The van der Waals surface area contributed by atoms with Crippen LogP contribution in [0.1, 0.15) is 35.0 Å². The van der Waals surface area contributed by atoms with Crippen LogP contribution in [0.2, 0.25) is 0 Å². The fourth-order valence-electron chi connectivity index (χ4n) is 3.69. The van der Waals surface area contributed by atoms with Crippen LogP contribution in [0.3, 0.4) is 0 Å². The highest BCUT2D eigenvalue weighted by Crippen LogP contribution is 2.35. The van der Waals surface area contributed by atoms with E-state index in [0.29, 0.717) is 11.5 Å². The summed E-state index contributed by atoms with van der Waals surface area (Å²) < 4.78 is 2.27. The van der Waals surface area contributed by atoms with E-state index < -0.39 is 5.97 Å². The first-order chi connectivity index (χ1) is 12.1. The van der Waals surface area contributed by atoms with Crippen molar-refractivity contribution in [1.29, 1.82) is 0 Å². The van der Waals surface area contributed by atoms with Gasteiger partial charge in [-0.2, -0.15) is 0 Å². The quantitative estimate of drug-likeness (QED) is 0.775. The van der Waals surface area contributed by atoms with Crippen LogP contribution < -0.4 is 0 Å². The second kappa shape index (κ2) is 6.20. The average molecular weight is 332 g/mol. The Morgan fingerprint density at radius 2 is 2.04 bits per heavy atom. The molecule has 1 atom stereocenters. The van der Waals surface area contributed by atoms with Crippen molar-refractivity contribution in [3.05, 3.63) is 71.7 Å². The number of aromatic carboxylic acids is 1. The van der Waals surface area contributed by atoms with Gasteiger partial charge < -0.3 is 9.67 Å². The summed E-state index contributed by atoms with van der Waals surface area (Å²) in [5, 5.41) is 9.15. The third-order valence-corrected chi connectivity index (χ3v) is 4.96. The fourth-order valence-corrected chi connectivity index (χ4v) is 3.69. The molecule has 0 spiro atoms. The zero-order valence-corrected chi connectivity index (χ0v) is 14.1. The van der Waals surface area contributed by atoms with Crippen molar-refractivity contribution in [3.8, 4) is 16.9 Å². The van der Waals surface area contributed by atoms with Crippen LogP contribution in [0, 0.1) is 5.92 Å². The van der Waals surface area contributed by atoms with Gasteiger partial charge in [-0.3, -0.25) is 4.98 Å². The van der Waals surface area contributed by atoms with Crippen molar-refractivity contribution in [1.82, 2.24) is 9.55 Å². The number of hydrogen-bond acceptors (Lipinski definition) is 2. The third-order valence-electron chi connectivity index (χ3n) is 4.96. The van der Waals surface area contributed by atoms with Gasteiger partial charge in [0.15, 0.2) is 0 Å². The molecule has 0 bridgehead atoms. The Balaban J connectivity index is 1.89. The molecule has 1 N–H and O–H groups in total. The molecule has 1 unspecified atom stereocenters. The fraction of sp³-hybridized carbons (Fsp3) is 0.238. The van der Waals surface area contributed by atoms with Gasteiger partial charge in [0.05, 0.1) is 11.3 Å². The van der Waals surface area contributed by atoms with Crippen molar-refractivity contribution in [2.75, 3.05) is 0 Å². The number of carboxylic acids is 1. The van der Waals surface area contributed by atoms with Crippen molar-refractivity contribution >= 4 is 5.97 Å². The number of nitrogens with zero attached hydrogens (tertiary/aromatic N) is 2. The first kappa shape index (κ1) is 15.6. The van der Waals surface area contributed by atoms with Gasteiger partial charge in [-0.05, 0) is 73.2 Å². The van der Waals surface area contributed by atoms with Crippen LogP contribution in [0.25, 0.3) is 16.9 Å². The van der Waals surface area contributed by atoms with Gasteiger partial charge in [-0.15, -0.1) is 0 Å². The first-order valence-corrected chi connectivity index (χ1v) is 8.61. The highest BCUT2D eigenvalue weighted by Gasteiger charge is 2.23. The highest BCUT2D eigenvalue weighted by atomic mass is 16.4. The van der Waals surface area contributed by atoms with Gasteiger partial charge in [0.25, 0.3) is 0 Å². The Hall–Kier alpha value is -2.88. The molecule has 4 heteroatoms. The van der Waals surface area contributed by atoms with E-state index in [2.05, 4.69) is 28.6 Å². The number of carbonyl (C=O) groups is 1. The first-order valence-electron chi connectivity index (χ1n) is 8.61. The largest absolute Gasteiger partial charge is 0.478 e. The minimum absolute atomic E-state index is 0.307. The molecule has 1 aromatic carbocycles. The monoisotopic (exact) mass is 332 g/mol. The number of benzene rings is 1. The van der Waals surface area contributed by atoms with Gasteiger partial charge >= 0.3 is 5.97 Å². The van der Waals surface area contributed by atoms with Crippen molar-refractivity contribution in [2.24, 2.45) is 5.92 Å². The van der Waals surface area contributed by atoms with Crippen LogP contribution in [0.5, 0.6) is 0 Å². The van der Waals surface area contributed by atoms with Gasteiger partial charge in [-0.25, -0.2) is 4.79 Å². The van der Waals surface area contributed by atoms with Gasteiger partial charge in [0.2, 0.25) is 0 Å². The number of aromatic nitrogens is 2. The lowest BCUT2D eigenvalue weighted by Gasteiger charge is -2.21. The maximum atomic E-state index is 11.1. The van der Waals surface area contributed by atoms with Crippen LogP contribution in [0.15, 0.2) is 54.9 Å². The molecule has 3 aromatic rings. The summed E-state index contributed by atoms with van der Waals surface area (Å²) in [5.41, 5.74) is 6.23. The van der Waals surface area contributed by atoms with Crippen LogP contribution in [0.4, 0.5) is 0 Å². The topological polar surface area (TPSA) is 55.1 Å². The molecule has 0 saturated carbocycles. The number of pyridine rings is 1. The Labute approximate surface area is 146 Å². The van der Waals surface area contributed by atoms with Crippen molar-refractivity contribution < 1.29 is 9.90 Å². The molecule has 0 aliphatic heterocycles. The highest BCUT2D eigenvalue weighted by molar-refractivity contribution is 5.87. The van der Waals surface area contributed by atoms with E-state index >= 15 is 0 Å². The van der Waals surface area contributed by atoms with Crippen LogP contribution >= 0.6 is 0 Å². The molecule has 0 amide bonds. The summed E-state index contributed by atoms with van der Waals surface area (Å²) in [6, 6.07) is 13.4. The minimum atomic E-state index is -0.901. The maximum absolute atomic E-state index is 11.1. The van der Waals surface area contributed by atoms with Crippen LogP contribution in [-0.4, -0.2) is 20.6 Å². The normalized spacial score (nSPS) is 16.4. The predicted molar refractivity (Wildman–Crippen MR) is 97.1 cm³/mol. The Morgan fingerprint density at radius 3 is 2.72 bits per heavy atom. The summed E-state index contributed by atoms with van der Waals surface area (Å²) >= 11 is 0. The molecule has 4 nitrogen and oxygen atoms in total. The molecule has 126 valence electrons. The molecule has 0 radical (unpaired) electrons. The summed E-state index contributed by atoms with van der Waals surface area (Å²) in [4.78, 5) is 15.4. The number of carboxylic acid groups (broad SMARTS) is 1. The molecule has 25 heavy (non-hydrogen) atoms.